The Balaban J connectivity index is 1.96. The number of aliphatic hydroxyl groups excluding tert-OH is 1. The minimum absolute atomic E-state index is 0.188. The first-order valence-electron chi connectivity index (χ1n) is 11.5. The molecule has 0 aliphatic carbocycles. The third kappa shape index (κ3) is 6.47. The molecule has 2 aromatic carbocycles. The Bertz CT molecular complexity index is 1050. The zero-order chi connectivity index (χ0) is 24.5. The lowest BCUT2D eigenvalue weighted by Gasteiger charge is -2.29. The van der Waals surface area contributed by atoms with Crippen LogP contribution in [0.25, 0.3) is 5.69 Å². The highest BCUT2D eigenvalue weighted by molar-refractivity contribution is 5.47. The number of methoxy groups -OCH3 is 1. The van der Waals surface area contributed by atoms with E-state index in [-0.39, 0.29) is 12.6 Å². The predicted molar refractivity (Wildman–Crippen MR) is 134 cm³/mol. The molecule has 1 aromatic heterocycles. The fraction of sp³-hybridized carbons (Fsp3) is 0.370. The van der Waals surface area contributed by atoms with E-state index >= 15 is 0 Å². The minimum Gasteiger partial charge on any atom is -0.493 e. The van der Waals surface area contributed by atoms with Gasteiger partial charge in [-0.2, -0.15) is 5.10 Å². The van der Waals surface area contributed by atoms with E-state index < -0.39 is 6.10 Å². The van der Waals surface area contributed by atoms with Gasteiger partial charge in [0.05, 0.1) is 43.4 Å². The molecule has 0 saturated heterocycles. The monoisotopic (exact) mass is 465 g/mol. The zero-order valence-electron chi connectivity index (χ0n) is 20.5. The maximum Gasteiger partial charge on any atom is 0.227 e. The van der Waals surface area contributed by atoms with Gasteiger partial charge >= 0.3 is 0 Å². The molecule has 0 spiro atoms. The Hall–Kier alpha value is -3.13. The molecular weight excluding hydrogens is 430 g/mol. The number of aliphatic hydroxyl groups is 1. The van der Waals surface area contributed by atoms with Crippen LogP contribution < -0.4 is 9.47 Å². The maximum atomic E-state index is 10.5. The van der Waals surface area contributed by atoms with Crippen molar-refractivity contribution < 1.29 is 19.3 Å². The van der Waals surface area contributed by atoms with Crippen LogP contribution >= 0.6 is 0 Å². The molecule has 3 aromatic rings. The van der Waals surface area contributed by atoms with Gasteiger partial charge < -0.3 is 19.3 Å². The summed E-state index contributed by atoms with van der Waals surface area (Å²) < 4.78 is 19.2. The Morgan fingerprint density at radius 2 is 1.76 bits per heavy atom. The number of hydrogen-bond acceptors (Lipinski definition) is 6. The van der Waals surface area contributed by atoms with Crippen molar-refractivity contribution in [2.45, 2.75) is 39.5 Å². The standard InChI is InChI=1S/C27H35N3O4/c1-6-16-33-19-23(31)17-29(20(2)3)18-24-21(4)28-30(22-12-8-7-9-13-22)27(24)34-26-15-11-10-14-25(26)32-5/h6-15,20,23,31H,1,16-19H2,2-5H3/t23-/m0/s1. The van der Waals surface area contributed by atoms with Gasteiger partial charge in [-0.15, -0.1) is 6.58 Å². The van der Waals surface area contributed by atoms with Crippen LogP contribution in [0.3, 0.4) is 0 Å². The van der Waals surface area contributed by atoms with Crippen LogP contribution in [-0.2, 0) is 11.3 Å². The Morgan fingerprint density at radius 3 is 2.41 bits per heavy atom. The molecule has 3 rings (SSSR count). The molecule has 0 unspecified atom stereocenters. The van der Waals surface area contributed by atoms with Crippen molar-refractivity contribution >= 4 is 0 Å². The molecule has 1 heterocycles. The van der Waals surface area contributed by atoms with Crippen LogP contribution in [0, 0.1) is 6.92 Å². The second kappa shape index (κ2) is 12.4. The van der Waals surface area contributed by atoms with Crippen molar-refractivity contribution in [1.29, 1.82) is 0 Å². The molecular formula is C27H35N3O4. The van der Waals surface area contributed by atoms with Crippen LogP contribution in [-0.4, -0.2) is 58.8 Å². The molecule has 0 aliphatic heterocycles. The number of rotatable bonds is 13. The van der Waals surface area contributed by atoms with Crippen molar-refractivity contribution in [1.82, 2.24) is 14.7 Å². The lowest BCUT2D eigenvalue weighted by molar-refractivity contribution is 0.0177. The molecule has 0 saturated carbocycles. The molecule has 1 atom stereocenters. The van der Waals surface area contributed by atoms with Crippen molar-refractivity contribution in [3.63, 3.8) is 0 Å². The quantitative estimate of drug-likeness (QED) is 0.290. The molecule has 0 fully saturated rings. The summed E-state index contributed by atoms with van der Waals surface area (Å²) in [6.07, 6.45) is 1.06. The summed E-state index contributed by atoms with van der Waals surface area (Å²) in [5.41, 5.74) is 2.70. The van der Waals surface area contributed by atoms with E-state index in [1.54, 1.807) is 13.2 Å². The van der Waals surface area contributed by atoms with Gasteiger partial charge in [0, 0.05) is 19.1 Å². The van der Waals surface area contributed by atoms with Gasteiger partial charge in [-0.05, 0) is 45.0 Å². The van der Waals surface area contributed by atoms with Gasteiger partial charge in [-0.3, -0.25) is 4.90 Å². The summed E-state index contributed by atoms with van der Waals surface area (Å²) in [5, 5.41) is 15.3. The number of para-hydroxylation sites is 3. The molecule has 7 nitrogen and oxygen atoms in total. The van der Waals surface area contributed by atoms with E-state index in [9.17, 15) is 5.11 Å². The third-order valence-corrected chi connectivity index (χ3v) is 5.50. The van der Waals surface area contributed by atoms with Crippen LogP contribution in [0.1, 0.15) is 25.1 Å². The fourth-order valence-electron chi connectivity index (χ4n) is 3.65. The average molecular weight is 466 g/mol. The van der Waals surface area contributed by atoms with Crippen LogP contribution in [0.5, 0.6) is 17.4 Å². The van der Waals surface area contributed by atoms with E-state index in [0.717, 1.165) is 16.9 Å². The van der Waals surface area contributed by atoms with Crippen LogP contribution in [0.4, 0.5) is 0 Å². The largest absolute Gasteiger partial charge is 0.493 e. The van der Waals surface area contributed by atoms with E-state index in [1.165, 1.54) is 0 Å². The molecule has 182 valence electrons. The molecule has 1 N–H and O–H groups in total. The summed E-state index contributed by atoms with van der Waals surface area (Å²) in [6, 6.07) is 17.6. The first-order valence-corrected chi connectivity index (χ1v) is 11.5. The van der Waals surface area contributed by atoms with E-state index in [1.807, 2.05) is 66.2 Å². The number of aromatic nitrogens is 2. The number of nitrogens with zero attached hydrogens (tertiary/aromatic N) is 3. The number of hydrogen-bond donors (Lipinski definition) is 1. The number of aryl methyl sites for hydroxylation is 1. The lowest BCUT2D eigenvalue weighted by atomic mass is 10.2. The molecule has 0 aliphatic rings. The average Bonchev–Trinajstić information content (AvgIpc) is 3.14. The lowest BCUT2D eigenvalue weighted by Crippen LogP contribution is -2.39. The van der Waals surface area contributed by atoms with Gasteiger partial charge in [-0.25, -0.2) is 4.68 Å². The summed E-state index contributed by atoms with van der Waals surface area (Å²) in [7, 11) is 1.62. The van der Waals surface area contributed by atoms with Crippen LogP contribution in [0.15, 0.2) is 67.3 Å². The molecule has 0 bridgehead atoms. The summed E-state index contributed by atoms with van der Waals surface area (Å²) in [5.74, 6) is 1.87. The Kier molecular flexibility index (Phi) is 9.27. The Morgan fingerprint density at radius 1 is 1.09 bits per heavy atom. The fourth-order valence-corrected chi connectivity index (χ4v) is 3.65. The first kappa shape index (κ1) is 25.5. The van der Waals surface area contributed by atoms with E-state index in [2.05, 4.69) is 25.3 Å². The van der Waals surface area contributed by atoms with Gasteiger partial charge in [0.2, 0.25) is 5.88 Å². The summed E-state index contributed by atoms with van der Waals surface area (Å²) in [6.45, 7) is 11.5. The van der Waals surface area contributed by atoms with Gasteiger partial charge in [-0.1, -0.05) is 36.4 Å². The van der Waals surface area contributed by atoms with Gasteiger partial charge in [0.1, 0.15) is 0 Å². The normalized spacial score (nSPS) is 12.2. The second-order valence-electron chi connectivity index (χ2n) is 8.37. The predicted octanol–water partition coefficient (Wildman–Crippen LogP) is 4.76. The van der Waals surface area contributed by atoms with Gasteiger partial charge in [0.25, 0.3) is 0 Å². The third-order valence-electron chi connectivity index (χ3n) is 5.50. The minimum atomic E-state index is -0.620. The second-order valence-corrected chi connectivity index (χ2v) is 8.37. The van der Waals surface area contributed by atoms with E-state index in [4.69, 9.17) is 19.3 Å². The molecule has 34 heavy (non-hydrogen) atoms. The van der Waals surface area contributed by atoms with Crippen molar-refractivity contribution in [3.05, 3.63) is 78.5 Å². The zero-order valence-corrected chi connectivity index (χ0v) is 20.5. The van der Waals surface area contributed by atoms with Crippen LogP contribution in [0.2, 0.25) is 0 Å². The van der Waals surface area contributed by atoms with Gasteiger partial charge in [0.15, 0.2) is 11.5 Å². The SMILES string of the molecule is C=CCOC[C@@H](O)CN(Cc1c(C)nn(-c2ccccc2)c1Oc1ccccc1OC)C(C)C. The Labute approximate surface area is 202 Å². The van der Waals surface area contributed by atoms with Crippen molar-refractivity contribution in [3.8, 4) is 23.1 Å². The highest BCUT2D eigenvalue weighted by Crippen LogP contribution is 2.36. The number of benzene rings is 2. The smallest absolute Gasteiger partial charge is 0.227 e. The molecule has 0 amide bonds. The maximum absolute atomic E-state index is 10.5. The molecule has 7 heteroatoms. The van der Waals surface area contributed by atoms with Crippen molar-refractivity contribution in [2.24, 2.45) is 0 Å². The number of ether oxygens (including phenoxy) is 3. The topological polar surface area (TPSA) is 69.0 Å². The summed E-state index contributed by atoms with van der Waals surface area (Å²) in [4.78, 5) is 2.19. The van der Waals surface area contributed by atoms with Crippen molar-refractivity contribution in [2.75, 3.05) is 26.9 Å². The molecule has 0 radical (unpaired) electrons. The highest BCUT2D eigenvalue weighted by Gasteiger charge is 2.24. The van der Waals surface area contributed by atoms with E-state index in [0.29, 0.717) is 37.1 Å². The highest BCUT2D eigenvalue weighted by atomic mass is 16.5. The first-order chi connectivity index (χ1) is 16.4. The summed E-state index contributed by atoms with van der Waals surface area (Å²) >= 11 is 0.